The van der Waals surface area contributed by atoms with Crippen molar-refractivity contribution >= 4 is 5.91 Å². The predicted octanol–water partition coefficient (Wildman–Crippen LogP) is 1.12. The second-order valence-corrected chi connectivity index (χ2v) is 6.06. The lowest BCUT2D eigenvalue weighted by Crippen LogP contribution is -2.51. The monoisotopic (exact) mass is 274 g/mol. The minimum absolute atomic E-state index is 0.000159. The van der Waals surface area contributed by atoms with Crippen LogP contribution in [0.3, 0.4) is 0 Å². The van der Waals surface area contributed by atoms with E-state index in [1.807, 2.05) is 12.1 Å². The zero-order chi connectivity index (χ0) is 14.0. The first-order valence-corrected chi connectivity index (χ1v) is 7.47. The average Bonchev–Trinajstić information content (AvgIpc) is 2.91. The molecule has 0 saturated heterocycles. The molecule has 0 radical (unpaired) electrons. The first-order chi connectivity index (χ1) is 9.66. The molecule has 1 aromatic carbocycles. The summed E-state index contributed by atoms with van der Waals surface area (Å²) < 4.78 is 0. The van der Waals surface area contributed by atoms with Gasteiger partial charge in [0.2, 0.25) is 5.91 Å². The van der Waals surface area contributed by atoms with Crippen molar-refractivity contribution in [3.05, 3.63) is 35.4 Å². The number of nitrogens with one attached hydrogen (secondary N) is 2. The van der Waals surface area contributed by atoms with Gasteiger partial charge in [-0.1, -0.05) is 37.1 Å². The Balaban J connectivity index is 1.56. The van der Waals surface area contributed by atoms with E-state index in [1.165, 1.54) is 11.1 Å². The van der Waals surface area contributed by atoms with Gasteiger partial charge in [0.25, 0.3) is 0 Å². The summed E-state index contributed by atoms with van der Waals surface area (Å²) in [5.74, 6) is -0.000159. The van der Waals surface area contributed by atoms with E-state index in [0.29, 0.717) is 6.54 Å². The number of aliphatic hydroxyl groups is 1. The van der Waals surface area contributed by atoms with Crippen LogP contribution >= 0.6 is 0 Å². The minimum Gasteiger partial charge on any atom is -0.388 e. The molecule has 4 heteroatoms. The summed E-state index contributed by atoms with van der Waals surface area (Å²) in [7, 11) is 0. The molecule has 1 saturated carbocycles. The molecule has 4 nitrogen and oxygen atoms in total. The highest BCUT2D eigenvalue weighted by atomic mass is 16.3. The molecule has 0 bridgehead atoms. The molecule has 1 atom stereocenters. The van der Waals surface area contributed by atoms with Gasteiger partial charge in [-0.15, -0.1) is 0 Å². The quantitative estimate of drug-likeness (QED) is 0.774. The molecule has 0 unspecified atom stereocenters. The lowest BCUT2D eigenvalue weighted by molar-refractivity contribution is -0.124. The fourth-order valence-corrected chi connectivity index (χ4v) is 3.22. The third-order valence-corrected chi connectivity index (χ3v) is 4.52. The molecule has 0 spiro atoms. The fourth-order valence-electron chi connectivity index (χ4n) is 3.22. The Morgan fingerprint density at radius 1 is 1.30 bits per heavy atom. The van der Waals surface area contributed by atoms with Gasteiger partial charge in [0, 0.05) is 13.1 Å². The second kappa shape index (κ2) is 5.54. The summed E-state index contributed by atoms with van der Waals surface area (Å²) in [5.41, 5.74) is 1.83. The molecule has 108 valence electrons. The zero-order valence-electron chi connectivity index (χ0n) is 11.7. The van der Waals surface area contributed by atoms with Crippen molar-refractivity contribution in [2.75, 3.05) is 6.54 Å². The number of hydrogen-bond donors (Lipinski definition) is 3. The van der Waals surface area contributed by atoms with E-state index < -0.39 is 5.60 Å². The molecule has 2 aliphatic rings. The molecule has 1 aromatic rings. The maximum Gasteiger partial charge on any atom is 0.237 e. The zero-order valence-corrected chi connectivity index (χ0v) is 11.7. The van der Waals surface area contributed by atoms with Crippen molar-refractivity contribution in [1.82, 2.24) is 10.6 Å². The number of benzene rings is 1. The molecule has 1 aliphatic carbocycles. The number of fused-ring (bicyclic) bond motifs is 1. The van der Waals surface area contributed by atoms with Crippen LogP contribution < -0.4 is 10.6 Å². The van der Waals surface area contributed by atoms with Gasteiger partial charge in [-0.25, -0.2) is 0 Å². The van der Waals surface area contributed by atoms with E-state index in [1.54, 1.807) is 0 Å². The van der Waals surface area contributed by atoms with Gasteiger partial charge in [0.1, 0.15) is 0 Å². The van der Waals surface area contributed by atoms with Crippen molar-refractivity contribution in [1.29, 1.82) is 0 Å². The molecule has 3 N–H and O–H groups in total. The van der Waals surface area contributed by atoms with Crippen LogP contribution in [0.4, 0.5) is 0 Å². The van der Waals surface area contributed by atoms with Gasteiger partial charge in [-0.3, -0.25) is 4.79 Å². The summed E-state index contributed by atoms with van der Waals surface area (Å²) in [6, 6.07) is 8.03. The summed E-state index contributed by atoms with van der Waals surface area (Å²) >= 11 is 0. The molecule has 1 heterocycles. The summed E-state index contributed by atoms with van der Waals surface area (Å²) in [6.45, 7) is 1.12. The van der Waals surface area contributed by atoms with Crippen molar-refractivity contribution in [3.63, 3.8) is 0 Å². The van der Waals surface area contributed by atoms with Gasteiger partial charge >= 0.3 is 0 Å². The third-order valence-electron chi connectivity index (χ3n) is 4.52. The SMILES string of the molecule is O=C(NCC1(O)CCCC1)[C@H]1Cc2ccccc2CN1. The van der Waals surface area contributed by atoms with Crippen molar-refractivity contribution in [2.24, 2.45) is 0 Å². The molecule has 1 fully saturated rings. The maximum atomic E-state index is 12.2. The van der Waals surface area contributed by atoms with Gasteiger partial charge in [0.15, 0.2) is 0 Å². The summed E-state index contributed by atoms with van der Waals surface area (Å²) in [4.78, 5) is 12.2. The molecular formula is C16H22N2O2. The highest BCUT2D eigenvalue weighted by Crippen LogP contribution is 2.28. The van der Waals surface area contributed by atoms with E-state index in [2.05, 4.69) is 22.8 Å². The van der Waals surface area contributed by atoms with E-state index in [0.717, 1.165) is 38.6 Å². The van der Waals surface area contributed by atoms with Crippen LogP contribution in [-0.4, -0.2) is 29.2 Å². The first kappa shape index (κ1) is 13.6. The van der Waals surface area contributed by atoms with Gasteiger partial charge in [0.05, 0.1) is 11.6 Å². The Hall–Kier alpha value is -1.39. The van der Waals surface area contributed by atoms with Gasteiger partial charge < -0.3 is 15.7 Å². The number of amides is 1. The molecule has 0 aromatic heterocycles. The first-order valence-electron chi connectivity index (χ1n) is 7.47. The van der Waals surface area contributed by atoms with Crippen LogP contribution in [0, 0.1) is 0 Å². The van der Waals surface area contributed by atoms with E-state index in [9.17, 15) is 9.90 Å². The summed E-state index contributed by atoms with van der Waals surface area (Å²) in [6.07, 6.45) is 4.44. The third kappa shape index (κ3) is 2.86. The lowest BCUT2D eigenvalue weighted by atomic mass is 9.95. The van der Waals surface area contributed by atoms with Crippen LogP contribution in [-0.2, 0) is 17.8 Å². The maximum absolute atomic E-state index is 12.2. The molecule has 20 heavy (non-hydrogen) atoms. The number of carbonyl (C=O) groups is 1. The lowest BCUT2D eigenvalue weighted by Gasteiger charge is -2.28. The van der Waals surface area contributed by atoms with E-state index in [4.69, 9.17) is 0 Å². The van der Waals surface area contributed by atoms with Crippen molar-refractivity contribution in [3.8, 4) is 0 Å². The second-order valence-electron chi connectivity index (χ2n) is 6.06. The highest BCUT2D eigenvalue weighted by Gasteiger charge is 2.32. The predicted molar refractivity (Wildman–Crippen MR) is 77.2 cm³/mol. The Morgan fingerprint density at radius 2 is 2.00 bits per heavy atom. The molecular weight excluding hydrogens is 252 g/mol. The largest absolute Gasteiger partial charge is 0.388 e. The Morgan fingerprint density at radius 3 is 2.75 bits per heavy atom. The number of hydrogen-bond acceptors (Lipinski definition) is 3. The topological polar surface area (TPSA) is 61.4 Å². The number of rotatable bonds is 3. The van der Waals surface area contributed by atoms with E-state index in [-0.39, 0.29) is 11.9 Å². The van der Waals surface area contributed by atoms with Crippen LogP contribution in [0.1, 0.15) is 36.8 Å². The van der Waals surface area contributed by atoms with Gasteiger partial charge in [-0.2, -0.15) is 0 Å². The van der Waals surface area contributed by atoms with Crippen LogP contribution in [0.25, 0.3) is 0 Å². The smallest absolute Gasteiger partial charge is 0.237 e. The Kier molecular flexibility index (Phi) is 3.76. The number of carbonyl (C=O) groups excluding carboxylic acids is 1. The van der Waals surface area contributed by atoms with Crippen LogP contribution in [0.15, 0.2) is 24.3 Å². The van der Waals surface area contributed by atoms with Gasteiger partial charge in [-0.05, 0) is 30.4 Å². The molecule has 3 rings (SSSR count). The van der Waals surface area contributed by atoms with Crippen molar-refractivity contribution in [2.45, 2.75) is 50.3 Å². The van der Waals surface area contributed by atoms with Crippen molar-refractivity contribution < 1.29 is 9.90 Å². The average molecular weight is 274 g/mol. The Labute approximate surface area is 119 Å². The van der Waals surface area contributed by atoms with E-state index >= 15 is 0 Å². The fraction of sp³-hybridized carbons (Fsp3) is 0.562. The Bertz CT molecular complexity index is 495. The molecule has 1 aliphatic heterocycles. The summed E-state index contributed by atoms with van der Waals surface area (Å²) in [5, 5.41) is 16.4. The normalized spacial score (nSPS) is 24.1. The van der Waals surface area contributed by atoms with Crippen LogP contribution in [0.2, 0.25) is 0 Å². The van der Waals surface area contributed by atoms with Crippen LogP contribution in [0.5, 0.6) is 0 Å². The minimum atomic E-state index is -0.678. The molecule has 1 amide bonds. The highest BCUT2D eigenvalue weighted by molar-refractivity contribution is 5.82. The standard InChI is InChI=1S/C16H22N2O2/c19-15(18-11-16(20)7-3-4-8-16)14-9-12-5-1-2-6-13(12)10-17-14/h1-2,5-6,14,17,20H,3-4,7-11H2,(H,18,19)/t14-/m1/s1.